The maximum absolute atomic E-state index is 9.01. The smallest absolute Gasteiger partial charge is 0.100 e. The predicted octanol–water partition coefficient (Wildman–Crippen LogP) is 3.80. The Morgan fingerprint density at radius 2 is 2.29 bits per heavy atom. The minimum absolute atomic E-state index is 0.796. The number of rotatable bonds is 1. The molecule has 0 radical (unpaired) electrons. The summed E-state index contributed by atoms with van der Waals surface area (Å²) in [6, 6.07) is 6.35. The number of hydrogen-bond acceptors (Lipinski definition) is 3. The minimum atomic E-state index is 0.796. The fourth-order valence-corrected chi connectivity index (χ4v) is 3.49. The van der Waals surface area contributed by atoms with Crippen molar-refractivity contribution < 1.29 is 0 Å². The van der Waals surface area contributed by atoms with Crippen molar-refractivity contribution in [2.75, 3.05) is 6.26 Å². The van der Waals surface area contributed by atoms with Gasteiger partial charge in [-0.05, 0) is 41.6 Å². The van der Waals surface area contributed by atoms with Gasteiger partial charge in [0.2, 0.25) is 0 Å². The number of hydrogen-bond donors (Lipinski definition) is 0. The Morgan fingerprint density at radius 3 is 2.93 bits per heavy atom. The first-order chi connectivity index (χ1) is 6.77. The molecule has 2 rings (SSSR count). The molecule has 0 amide bonds. The molecule has 3 heteroatoms. The summed E-state index contributed by atoms with van der Waals surface area (Å²) in [6.07, 6.45) is 2.02. The molecule has 0 aliphatic heterocycles. The molecule has 0 saturated heterocycles. The molecule has 0 unspecified atom stereocenters. The van der Waals surface area contributed by atoms with Gasteiger partial charge in [0.15, 0.2) is 0 Å². The highest BCUT2D eigenvalue weighted by Crippen LogP contribution is 2.35. The average Bonchev–Trinajstić information content (AvgIpc) is 2.66. The van der Waals surface area contributed by atoms with E-state index < -0.39 is 0 Å². The van der Waals surface area contributed by atoms with Crippen molar-refractivity contribution in [3.05, 3.63) is 28.6 Å². The number of thioether (sulfide) groups is 1. The summed E-state index contributed by atoms with van der Waals surface area (Å²) in [5.74, 6) is 0. The number of benzene rings is 1. The van der Waals surface area contributed by atoms with E-state index in [1.165, 1.54) is 15.6 Å². The van der Waals surface area contributed by atoms with Crippen LogP contribution in [-0.2, 0) is 0 Å². The molecule has 0 N–H and O–H groups in total. The second-order valence-corrected chi connectivity index (χ2v) is 4.78. The first-order valence-corrected chi connectivity index (χ1v) is 6.33. The van der Waals surface area contributed by atoms with E-state index in [-0.39, 0.29) is 0 Å². The zero-order valence-electron chi connectivity index (χ0n) is 8.00. The third kappa shape index (κ3) is 1.31. The first-order valence-electron chi connectivity index (χ1n) is 4.23. The highest BCUT2D eigenvalue weighted by atomic mass is 32.2. The molecule has 0 atom stereocenters. The van der Waals surface area contributed by atoms with Gasteiger partial charge in [-0.15, -0.1) is 23.1 Å². The lowest BCUT2D eigenvalue weighted by atomic mass is 10.1. The zero-order chi connectivity index (χ0) is 10.1. The number of nitriles is 1. The fraction of sp³-hybridized carbons (Fsp3) is 0.182. The van der Waals surface area contributed by atoms with Gasteiger partial charge in [0.25, 0.3) is 0 Å². The van der Waals surface area contributed by atoms with Crippen LogP contribution in [0.5, 0.6) is 0 Å². The van der Waals surface area contributed by atoms with Crippen LogP contribution in [0.25, 0.3) is 10.1 Å². The molecular formula is C11H9NS2. The standard InChI is InChI=1S/C11H9NS2/c1-7-5-8(6-12)10(13-2)11-9(7)3-4-14-11/h3-5H,1-2H3. The van der Waals surface area contributed by atoms with E-state index >= 15 is 0 Å². The maximum atomic E-state index is 9.01. The Labute approximate surface area is 91.4 Å². The van der Waals surface area contributed by atoms with E-state index in [1.807, 2.05) is 12.3 Å². The van der Waals surface area contributed by atoms with Crippen LogP contribution in [0.15, 0.2) is 22.4 Å². The monoisotopic (exact) mass is 219 g/mol. The van der Waals surface area contributed by atoms with Crippen LogP contribution in [0.1, 0.15) is 11.1 Å². The number of fused-ring (bicyclic) bond motifs is 1. The molecule has 0 fully saturated rings. The molecular weight excluding hydrogens is 210 g/mol. The first kappa shape index (κ1) is 9.57. The average molecular weight is 219 g/mol. The van der Waals surface area contributed by atoms with Gasteiger partial charge in [-0.1, -0.05) is 0 Å². The van der Waals surface area contributed by atoms with Crippen molar-refractivity contribution >= 4 is 33.2 Å². The van der Waals surface area contributed by atoms with Gasteiger partial charge in [-0.3, -0.25) is 0 Å². The summed E-state index contributed by atoms with van der Waals surface area (Å²) in [4.78, 5) is 1.11. The molecule has 0 aliphatic carbocycles. The van der Waals surface area contributed by atoms with E-state index in [2.05, 4.69) is 24.4 Å². The largest absolute Gasteiger partial charge is 0.192 e. The van der Waals surface area contributed by atoms with Crippen LogP contribution in [0, 0.1) is 18.3 Å². The molecule has 0 saturated carbocycles. The molecule has 1 heterocycles. The maximum Gasteiger partial charge on any atom is 0.100 e. The summed E-state index contributed by atoms with van der Waals surface area (Å²) < 4.78 is 1.24. The summed E-state index contributed by atoms with van der Waals surface area (Å²) >= 11 is 3.36. The minimum Gasteiger partial charge on any atom is -0.192 e. The van der Waals surface area contributed by atoms with Crippen molar-refractivity contribution in [1.82, 2.24) is 0 Å². The second kappa shape index (κ2) is 3.64. The third-order valence-electron chi connectivity index (χ3n) is 2.23. The van der Waals surface area contributed by atoms with Gasteiger partial charge in [0.1, 0.15) is 6.07 Å². The number of nitrogens with zero attached hydrogens (tertiary/aromatic N) is 1. The van der Waals surface area contributed by atoms with Gasteiger partial charge in [-0.25, -0.2) is 0 Å². The topological polar surface area (TPSA) is 23.8 Å². The summed E-state index contributed by atoms with van der Waals surface area (Å²) in [5, 5.41) is 12.4. The molecule has 1 aromatic heterocycles. The quantitative estimate of drug-likeness (QED) is 0.681. The van der Waals surface area contributed by atoms with Gasteiger partial charge in [-0.2, -0.15) is 5.26 Å². The van der Waals surface area contributed by atoms with Crippen LogP contribution >= 0.6 is 23.1 Å². The Kier molecular flexibility index (Phi) is 2.49. The van der Waals surface area contributed by atoms with E-state index in [9.17, 15) is 0 Å². The van der Waals surface area contributed by atoms with Crippen LogP contribution in [0.2, 0.25) is 0 Å². The summed E-state index contributed by atoms with van der Waals surface area (Å²) in [5.41, 5.74) is 1.99. The van der Waals surface area contributed by atoms with Crippen LogP contribution < -0.4 is 0 Å². The Morgan fingerprint density at radius 1 is 1.50 bits per heavy atom. The van der Waals surface area contributed by atoms with E-state index in [0.717, 1.165) is 10.5 Å². The zero-order valence-corrected chi connectivity index (χ0v) is 9.63. The molecule has 0 aliphatic rings. The molecule has 70 valence electrons. The van der Waals surface area contributed by atoms with Gasteiger partial charge < -0.3 is 0 Å². The van der Waals surface area contributed by atoms with Gasteiger partial charge in [0, 0.05) is 9.60 Å². The fourth-order valence-electron chi connectivity index (χ4n) is 1.56. The molecule has 2 aromatic rings. The summed E-state index contributed by atoms with van der Waals surface area (Å²) in [7, 11) is 0. The van der Waals surface area contributed by atoms with Crippen LogP contribution in [0.3, 0.4) is 0 Å². The van der Waals surface area contributed by atoms with E-state index in [4.69, 9.17) is 5.26 Å². The normalized spacial score (nSPS) is 10.4. The van der Waals surface area contributed by atoms with Crippen LogP contribution in [0.4, 0.5) is 0 Å². The lowest BCUT2D eigenvalue weighted by Crippen LogP contribution is -1.84. The Bertz CT molecular complexity index is 520. The molecule has 1 aromatic carbocycles. The predicted molar refractivity (Wildman–Crippen MR) is 63.1 cm³/mol. The van der Waals surface area contributed by atoms with Crippen LogP contribution in [-0.4, -0.2) is 6.26 Å². The summed E-state index contributed by atoms with van der Waals surface area (Å²) in [6.45, 7) is 2.06. The Hall–Kier alpha value is -0.980. The molecule has 0 bridgehead atoms. The SMILES string of the molecule is CSc1c(C#N)cc(C)c2ccsc12. The highest BCUT2D eigenvalue weighted by molar-refractivity contribution is 7.99. The second-order valence-electron chi connectivity index (χ2n) is 3.05. The number of aryl methyl sites for hydroxylation is 1. The van der Waals surface area contributed by atoms with Crippen molar-refractivity contribution in [2.24, 2.45) is 0 Å². The lowest BCUT2D eigenvalue weighted by molar-refractivity contribution is 1.39. The van der Waals surface area contributed by atoms with Gasteiger partial charge in [0.05, 0.1) is 5.56 Å². The van der Waals surface area contributed by atoms with E-state index in [0.29, 0.717) is 0 Å². The van der Waals surface area contributed by atoms with E-state index in [1.54, 1.807) is 23.1 Å². The van der Waals surface area contributed by atoms with Crippen molar-refractivity contribution in [2.45, 2.75) is 11.8 Å². The molecule has 14 heavy (non-hydrogen) atoms. The van der Waals surface area contributed by atoms with Gasteiger partial charge >= 0.3 is 0 Å². The highest BCUT2D eigenvalue weighted by Gasteiger charge is 2.09. The van der Waals surface area contributed by atoms with Crippen molar-refractivity contribution in [3.8, 4) is 6.07 Å². The molecule has 1 nitrogen and oxygen atoms in total. The Balaban J connectivity index is 2.90. The number of thiophene rings is 1. The lowest BCUT2D eigenvalue weighted by Gasteiger charge is -2.04. The van der Waals surface area contributed by atoms with Crippen molar-refractivity contribution in [1.29, 1.82) is 5.26 Å². The third-order valence-corrected chi connectivity index (χ3v) is 4.12. The van der Waals surface area contributed by atoms with Crippen molar-refractivity contribution in [3.63, 3.8) is 0 Å². The molecule has 0 spiro atoms.